The second-order valence-corrected chi connectivity index (χ2v) is 6.46. The van der Waals surface area contributed by atoms with Gasteiger partial charge < -0.3 is 10.4 Å². The van der Waals surface area contributed by atoms with Crippen LogP contribution in [0.1, 0.15) is 18.1 Å². The molecule has 0 saturated heterocycles. The molecule has 6 heteroatoms. The summed E-state index contributed by atoms with van der Waals surface area (Å²) < 4.78 is 26.8. The first-order valence-electron chi connectivity index (χ1n) is 6.28. The van der Waals surface area contributed by atoms with Crippen molar-refractivity contribution in [3.63, 3.8) is 0 Å². The molecule has 0 fully saturated rings. The van der Waals surface area contributed by atoms with Gasteiger partial charge in [0.05, 0.1) is 11.0 Å². The van der Waals surface area contributed by atoms with E-state index in [0.717, 1.165) is 11.1 Å². The average molecular weight is 286 g/mol. The van der Waals surface area contributed by atoms with Crippen LogP contribution in [-0.2, 0) is 10.0 Å². The van der Waals surface area contributed by atoms with Gasteiger partial charge in [-0.25, -0.2) is 13.1 Å². The lowest BCUT2D eigenvalue weighted by molar-refractivity contribution is 0.192. The fraction of sp³-hybridized carbons (Fsp3) is 0.538. The van der Waals surface area contributed by atoms with E-state index < -0.39 is 16.1 Å². The Morgan fingerprint density at radius 1 is 1.26 bits per heavy atom. The fourth-order valence-electron chi connectivity index (χ4n) is 1.66. The van der Waals surface area contributed by atoms with Gasteiger partial charge >= 0.3 is 0 Å². The predicted octanol–water partition coefficient (Wildman–Crippen LogP) is 0.552. The van der Waals surface area contributed by atoms with E-state index in [1.165, 1.54) is 0 Å². The highest BCUT2D eigenvalue weighted by molar-refractivity contribution is 7.89. The zero-order valence-corrected chi connectivity index (χ0v) is 12.4. The standard InChI is InChI=1S/C13H22N2O3S/c1-10-4-5-11(2)13(8-10)19(17,18)15-7-6-14-9-12(3)16/h4-5,8,12,14-16H,6-7,9H2,1-3H3. The molecule has 1 rings (SSSR count). The molecule has 0 radical (unpaired) electrons. The molecule has 1 aromatic rings. The molecule has 0 aromatic heterocycles. The Morgan fingerprint density at radius 3 is 2.58 bits per heavy atom. The Labute approximate surface area is 115 Å². The molecular formula is C13H22N2O3S. The SMILES string of the molecule is Cc1ccc(C)c(S(=O)(=O)NCCNCC(C)O)c1. The maximum absolute atomic E-state index is 12.1. The third kappa shape index (κ3) is 5.28. The Bertz CT molecular complexity index is 513. The van der Waals surface area contributed by atoms with E-state index in [0.29, 0.717) is 24.5 Å². The predicted molar refractivity (Wildman–Crippen MR) is 75.7 cm³/mol. The summed E-state index contributed by atoms with van der Waals surface area (Å²) in [4.78, 5) is 0.322. The lowest BCUT2D eigenvalue weighted by Crippen LogP contribution is -2.34. The lowest BCUT2D eigenvalue weighted by Gasteiger charge is -2.11. The van der Waals surface area contributed by atoms with E-state index in [1.54, 1.807) is 26.0 Å². The van der Waals surface area contributed by atoms with Gasteiger partial charge in [0.25, 0.3) is 0 Å². The second kappa shape index (κ2) is 7.00. The van der Waals surface area contributed by atoms with Gasteiger partial charge in [-0.15, -0.1) is 0 Å². The van der Waals surface area contributed by atoms with Crippen LogP contribution in [0.15, 0.2) is 23.1 Å². The number of rotatable bonds is 7. The summed E-state index contributed by atoms with van der Waals surface area (Å²) in [5, 5.41) is 12.0. The molecule has 0 saturated carbocycles. The molecule has 0 aliphatic rings. The number of hydrogen-bond acceptors (Lipinski definition) is 4. The molecule has 1 atom stereocenters. The number of aliphatic hydroxyl groups excluding tert-OH is 1. The number of hydrogen-bond donors (Lipinski definition) is 3. The van der Waals surface area contributed by atoms with Crippen molar-refractivity contribution in [1.29, 1.82) is 0 Å². The molecule has 3 N–H and O–H groups in total. The van der Waals surface area contributed by atoms with Crippen LogP contribution >= 0.6 is 0 Å². The average Bonchev–Trinajstić information content (AvgIpc) is 2.31. The van der Waals surface area contributed by atoms with Crippen LogP contribution < -0.4 is 10.0 Å². The lowest BCUT2D eigenvalue weighted by atomic mass is 10.2. The van der Waals surface area contributed by atoms with Crippen molar-refractivity contribution in [2.45, 2.75) is 31.8 Å². The van der Waals surface area contributed by atoms with Gasteiger partial charge in [0.2, 0.25) is 10.0 Å². The van der Waals surface area contributed by atoms with Crippen LogP contribution in [0, 0.1) is 13.8 Å². The number of benzene rings is 1. The van der Waals surface area contributed by atoms with Crippen LogP contribution in [0.3, 0.4) is 0 Å². The van der Waals surface area contributed by atoms with E-state index in [4.69, 9.17) is 5.11 Å². The minimum absolute atomic E-state index is 0.294. The molecule has 1 unspecified atom stereocenters. The molecule has 108 valence electrons. The van der Waals surface area contributed by atoms with Crippen molar-refractivity contribution in [2.24, 2.45) is 0 Å². The molecule has 0 aliphatic heterocycles. The molecular weight excluding hydrogens is 264 g/mol. The fourth-order valence-corrected chi connectivity index (χ4v) is 3.02. The molecule has 0 bridgehead atoms. The van der Waals surface area contributed by atoms with Crippen molar-refractivity contribution in [2.75, 3.05) is 19.6 Å². The van der Waals surface area contributed by atoms with E-state index in [2.05, 4.69) is 10.0 Å². The first-order chi connectivity index (χ1) is 8.83. The van der Waals surface area contributed by atoms with E-state index >= 15 is 0 Å². The van der Waals surface area contributed by atoms with Crippen molar-refractivity contribution < 1.29 is 13.5 Å². The van der Waals surface area contributed by atoms with Gasteiger partial charge in [-0.2, -0.15) is 0 Å². The van der Waals surface area contributed by atoms with Crippen molar-refractivity contribution in [3.8, 4) is 0 Å². The van der Waals surface area contributed by atoms with Gasteiger partial charge in [-0.05, 0) is 38.0 Å². The molecule has 1 aromatic carbocycles. The highest BCUT2D eigenvalue weighted by Gasteiger charge is 2.15. The molecule has 0 aliphatic carbocycles. The maximum atomic E-state index is 12.1. The Kier molecular flexibility index (Phi) is 5.93. The highest BCUT2D eigenvalue weighted by atomic mass is 32.2. The molecule has 19 heavy (non-hydrogen) atoms. The monoisotopic (exact) mass is 286 g/mol. The van der Waals surface area contributed by atoms with E-state index in [9.17, 15) is 8.42 Å². The Balaban J connectivity index is 2.59. The number of aliphatic hydroxyl groups is 1. The number of aryl methyl sites for hydroxylation is 2. The maximum Gasteiger partial charge on any atom is 0.240 e. The molecule has 0 heterocycles. The third-order valence-corrected chi connectivity index (χ3v) is 4.27. The van der Waals surface area contributed by atoms with Crippen LogP contribution in [0.2, 0.25) is 0 Å². The quantitative estimate of drug-likeness (QED) is 0.640. The van der Waals surface area contributed by atoms with Gasteiger partial charge in [0, 0.05) is 19.6 Å². The summed E-state index contributed by atoms with van der Waals surface area (Å²) in [7, 11) is -3.47. The normalized spacial score (nSPS) is 13.5. The third-order valence-electron chi connectivity index (χ3n) is 2.67. The van der Waals surface area contributed by atoms with Gasteiger partial charge in [0.1, 0.15) is 0 Å². The van der Waals surface area contributed by atoms with E-state index in [1.807, 2.05) is 13.0 Å². The van der Waals surface area contributed by atoms with Gasteiger partial charge in [-0.1, -0.05) is 12.1 Å². The number of sulfonamides is 1. The number of nitrogens with one attached hydrogen (secondary N) is 2. The van der Waals surface area contributed by atoms with E-state index in [-0.39, 0.29) is 0 Å². The second-order valence-electron chi connectivity index (χ2n) is 4.72. The van der Waals surface area contributed by atoms with Crippen LogP contribution in [0.4, 0.5) is 0 Å². The van der Waals surface area contributed by atoms with Crippen LogP contribution in [0.5, 0.6) is 0 Å². The smallest absolute Gasteiger partial charge is 0.240 e. The summed E-state index contributed by atoms with van der Waals surface area (Å²) in [6.07, 6.45) is -0.435. The zero-order valence-electron chi connectivity index (χ0n) is 11.6. The topological polar surface area (TPSA) is 78.4 Å². The minimum Gasteiger partial charge on any atom is -0.392 e. The summed E-state index contributed by atoms with van der Waals surface area (Å²) in [5.74, 6) is 0. The summed E-state index contributed by atoms with van der Waals surface area (Å²) in [6, 6.07) is 5.36. The van der Waals surface area contributed by atoms with Gasteiger partial charge in [-0.3, -0.25) is 0 Å². The zero-order chi connectivity index (χ0) is 14.5. The molecule has 5 nitrogen and oxygen atoms in total. The molecule has 0 spiro atoms. The van der Waals surface area contributed by atoms with Crippen LogP contribution in [-0.4, -0.2) is 39.3 Å². The van der Waals surface area contributed by atoms with Crippen LogP contribution in [0.25, 0.3) is 0 Å². The summed E-state index contributed by atoms with van der Waals surface area (Å²) in [6.45, 7) is 6.54. The Morgan fingerprint density at radius 2 is 1.95 bits per heavy atom. The van der Waals surface area contributed by atoms with Crippen molar-refractivity contribution >= 4 is 10.0 Å². The largest absolute Gasteiger partial charge is 0.392 e. The van der Waals surface area contributed by atoms with Gasteiger partial charge in [0.15, 0.2) is 0 Å². The Hall–Kier alpha value is -0.950. The first kappa shape index (κ1) is 16.1. The highest BCUT2D eigenvalue weighted by Crippen LogP contribution is 2.16. The molecule has 0 amide bonds. The summed E-state index contributed by atoms with van der Waals surface area (Å²) >= 11 is 0. The summed E-state index contributed by atoms with van der Waals surface area (Å²) in [5.41, 5.74) is 1.65. The van der Waals surface area contributed by atoms with Crippen molar-refractivity contribution in [1.82, 2.24) is 10.0 Å². The minimum atomic E-state index is -3.47. The van der Waals surface area contributed by atoms with Crippen molar-refractivity contribution in [3.05, 3.63) is 29.3 Å². The first-order valence-corrected chi connectivity index (χ1v) is 7.77.